The van der Waals surface area contributed by atoms with Crippen molar-refractivity contribution < 1.29 is 14.2 Å². The Morgan fingerprint density at radius 2 is 1.58 bits per heavy atom. The van der Waals surface area contributed by atoms with E-state index in [1.165, 1.54) is 0 Å². The molecule has 0 atom stereocenters. The summed E-state index contributed by atoms with van der Waals surface area (Å²) in [5.41, 5.74) is 1.95. The standard InChI is InChI=1S/C23H32N4O4/c1-29-19-14-21(31-3)20(30-2)12-17(19)15-26-10-6-16(7-11-26)18-13-22(28)25-23(24-18)27-8-4-5-9-27/h12-14,16H,4-11,15H2,1-3H3,(H,24,25,28). The van der Waals surface area contributed by atoms with Gasteiger partial charge in [0.2, 0.25) is 5.95 Å². The molecule has 2 saturated heterocycles. The monoisotopic (exact) mass is 428 g/mol. The van der Waals surface area contributed by atoms with E-state index in [1.54, 1.807) is 27.4 Å². The Morgan fingerprint density at radius 3 is 2.23 bits per heavy atom. The molecule has 8 heteroatoms. The van der Waals surface area contributed by atoms with E-state index in [0.717, 1.165) is 81.4 Å². The van der Waals surface area contributed by atoms with Crippen LogP contribution in [0.4, 0.5) is 5.95 Å². The van der Waals surface area contributed by atoms with Crippen molar-refractivity contribution in [1.82, 2.24) is 14.9 Å². The van der Waals surface area contributed by atoms with Crippen LogP contribution in [-0.4, -0.2) is 62.4 Å². The van der Waals surface area contributed by atoms with E-state index in [0.29, 0.717) is 17.4 Å². The number of methoxy groups -OCH3 is 3. The molecule has 2 aromatic rings. The molecular weight excluding hydrogens is 396 g/mol. The normalized spacial score (nSPS) is 17.7. The van der Waals surface area contributed by atoms with E-state index in [9.17, 15) is 4.79 Å². The second-order valence-corrected chi connectivity index (χ2v) is 8.26. The summed E-state index contributed by atoms with van der Waals surface area (Å²) in [5, 5.41) is 0. The average Bonchev–Trinajstić information content (AvgIpc) is 3.34. The average molecular weight is 429 g/mol. The van der Waals surface area contributed by atoms with E-state index < -0.39 is 0 Å². The highest BCUT2D eigenvalue weighted by molar-refractivity contribution is 5.50. The van der Waals surface area contributed by atoms with Crippen LogP contribution >= 0.6 is 0 Å². The van der Waals surface area contributed by atoms with Gasteiger partial charge in [0.15, 0.2) is 11.5 Å². The number of rotatable bonds is 7. The first-order chi connectivity index (χ1) is 15.1. The molecule has 2 aliphatic rings. The van der Waals surface area contributed by atoms with Gasteiger partial charge in [-0.25, -0.2) is 4.98 Å². The molecule has 3 heterocycles. The number of benzene rings is 1. The Kier molecular flexibility index (Phi) is 6.65. The first-order valence-electron chi connectivity index (χ1n) is 11.0. The Balaban J connectivity index is 1.43. The molecular formula is C23H32N4O4. The molecule has 31 heavy (non-hydrogen) atoms. The Hall–Kier alpha value is -2.74. The topological polar surface area (TPSA) is 79.9 Å². The number of piperidine rings is 1. The first-order valence-corrected chi connectivity index (χ1v) is 11.0. The first kappa shape index (κ1) is 21.5. The van der Waals surface area contributed by atoms with Crippen molar-refractivity contribution >= 4 is 5.95 Å². The fourth-order valence-electron chi connectivity index (χ4n) is 4.59. The maximum atomic E-state index is 12.2. The van der Waals surface area contributed by atoms with Crippen LogP contribution in [0.5, 0.6) is 17.2 Å². The van der Waals surface area contributed by atoms with Gasteiger partial charge in [-0.1, -0.05) is 0 Å². The number of aromatic amines is 1. The number of nitrogens with one attached hydrogen (secondary N) is 1. The van der Waals surface area contributed by atoms with E-state index in [1.807, 2.05) is 12.1 Å². The molecule has 1 N–H and O–H groups in total. The van der Waals surface area contributed by atoms with Crippen LogP contribution in [-0.2, 0) is 6.54 Å². The van der Waals surface area contributed by atoms with Gasteiger partial charge in [0.1, 0.15) is 5.75 Å². The summed E-state index contributed by atoms with van der Waals surface area (Å²) in [6.07, 6.45) is 4.27. The summed E-state index contributed by atoms with van der Waals surface area (Å²) < 4.78 is 16.4. The van der Waals surface area contributed by atoms with Gasteiger partial charge >= 0.3 is 0 Å². The Bertz CT molecular complexity index is 947. The molecule has 0 radical (unpaired) electrons. The highest BCUT2D eigenvalue weighted by Gasteiger charge is 2.25. The van der Waals surface area contributed by atoms with Gasteiger partial charge in [0.05, 0.1) is 27.0 Å². The minimum atomic E-state index is -0.0515. The highest BCUT2D eigenvalue weighted by atomic mass is 16.5. The van der Waals surface area contributed by atoms with Gasteiger partial charge < -0.3 is 19.1 Å². The molecule has 4 rings (SSSR count). The van der Waals surface area contributed by atoms with Gasteiger partial charge in [0, 0.05) is 43.2 Å². The number of hydrogen-bond acceptors (Lipinski definition) is 7. The summed E-state index contributed by atoms with van der Waals surface area (Å²) in [7, 11) is 4.94. The third kappa shape index (κ3) is 4.79. The van der Waals surface area contributed by atoms with Crippen LogP contribution in [0.1, 0.15) is 42.9 Å². The summed E-state index contributed by atoms with van der Waals surface area (Å²) in [6.45, 7) is 4.60. The third-order valence-electron chi connectivity index (χ3n) is 6.34. The largest absolute Gasteiger partial charge is 0.496 e. The molecule has 168 valence electrons. The number of anilines is 1. The zero-order valence-electron chi connectivity index (χ0n) is 18.6. The van der Waals surface area contributed by atoms with Crippen LogP contribution < -0.4 is 24.7 Å². The number of aromatic nitrogens is 2. The number of H-pyrrole nitrogens is 1. The lowest BCUT2D eigenvalue weighted by Crippen LogP contribution is -2.33. The quantitative estimate of drug-likeness (QED) is 0.726. The number of ether oxygens (including phenoxy) is 3. The number of hydrogen-bond donors (Lipinski definition) is 1. The van der Waals surface area contributed by atoms with Crippen molar-refractivity contribution in [2.24, 2.45) is 0 Å². The summed E-state index contributed by atoms with van der Waals surface area (Å²) >= 11 is 0. The van der Waals surface area contributed by atoms with Crippen LogP contribution in [0.2, 0.25) is 0 Å². The van der Waals surface area contributed by atoms with Crippen molar-refractivity contribution in [2.45, 2.75) is 38.1 Å². The Labute approximate surface area is 183 Å². The van der Waals surface area contributed by atoms with Gasteiger partial charge in [-0.05, 0) is 44.8 Å². The summed E-state index contributed by atoms with van der Waals surface area (Å²) in [4.78, 5) is 24.6. The maximum Gasteiger partial charge on any atom is 0.252 e. The van der Waals surface area contributed by atoms with E-state index in [4.69, 9.17) is 19.2 Å². The van der Waals surface area contributed by atoms with Gasteiger partial charge in [-0.3, -0.25) is 14.7 Å². The van der Waals surface area contributed by atoms with Crippen molar-refractivity contribution in [3.63, 3.8) is 0 Å². The fourth-order valence-corrected chi connectivity index (χ4v) is 4.59. The number of likely N-dealkylation sites (tertiary alicyclic amines) is 1. The number of nitrogens with zero attached hydrogens (tertiary/aromatic N) is 3. The Morgan fingerprint density at radius 1 is 0.935 bits per heavy atom. The van der Waals surface area contributed by atoms with E-state index >= 15 is 0 Å². The molecule has 1 aromatic heterocycles. The van der Waals surface area contributed by atoms with Crippen LogP contribution in [0.15, 0.2) is 23.0 Å². The molecule has 0 bridgehead atoms. The molecule has 2 aliphatic heterocycles. The predicted molar refractivity (Wildman–Crippen MR) is 120 cm³/mol. The SMILES string of the molecule is COc1cc(OC)c(OC)cc1CN1CCC(c2cc(=O)[nH]c(N3CCCC3)n2)CC1. The lowest BCUT2D eigenvalue weighted by Gasteiger charge is -2.32. The van der Waals surface area contributed by atoms with E-state index in [2.05, 4.69) is 14.8 Å². The smallest absolute Gasteiger partial charge is 0.252 e. The van der Waals surface area contributed by atoms with Crippen molar-refractivity contribution in [1.29, 1.82) is 0 Å². The molecule has 2 fully saturated rings. The molecule has 0 amide bonds. The summed E-state index contributed by atoms with van der Waals surface area (Å²) in [6, 6.07) is 5.54. The minimum absolute atomic E-state index is 0.0515. The van der Waals surface area contributed by atoms with Crippen molar-refractivity contribution in [3.05, 3.63) is 39.8 Å². The second-order valence-electron chi connectivity index (χ2n) is 8.26. The van der Waals surface area contributed by atoms with Crippen molar-refractivity contribution in [2.75, 3.05) is 52.4 Å². The molecule has 0 saturated carbocycles. The van der Waals surface area contributed by atoms with Crippen LogP contribution in [0, 0.1) is 0 Å². The lowest BCUT2D eigenvalue weighted by atomic mass is 9.93. The highest BCUT2D eigenvalue weighted by Crippen LogP contribution is 2.36. The van der Waals surface area contributed by atoms with Gasteiger partial charge in [-0.2, -0.15) is 0 Å². The maximum absolute atomic E-state index is 12.2. The summed E-state index contributed by atoms with van der Waals surface area (Å²) in [5.74, 6) is 3.21. The van der Waals surface area contributed by atoms with Crippen molar-refractivity contribution in [3.8, 4) is 17.2 Å². The molecule has 1 aromatic carbocycles. The molecule has 0 spiro atoms. The second kappa shape index (κ2) is 9.60. The predicted octanol–water partition coefficient (Wildman–Crippen LogP) is 2.78. The third-order valence-corrected chi connectivity index (χ3v) is 6.34. The van der Waals surface area contributed by atoms with Gasteiger partial charge in [0.25, 0.3) is 5.56 Å². The zero-order valence-corrected chi connectivity index (χ0v) is 18.6. The van der Waals surface area contributed by atoms with E-state index in [-0.39, 0.29) is 5.56 Å². The zero-order chi connectivity index (χ0) is 21.8. The lowest BCUT2D eigenvalue weighted by molar-refractivity contribution is 0.200. The molecule has 8 nitrogen and oxygen atoms in total. The van der Waals surface area contributed by atoms with Crippen LogP contribution in [0.3, 0.4) is 0 Å². The van der Waals surface area contributed by atoms with Crippen LogP contribution in [0.25, 0.3) is 0 Å². The fraction of sp³-hybridized carbons (Fsp3) is 0.565. The van der Waals surface area contributed by atoms with Gasteiger partial charge in [-0.15, -0.1) is 0 Å². The molecule has 0 aliphatic carbocycles. The minimum Gasteiger partial charge on any atom is -0.496 e. The molecule has 0 unspecified atom stereocenters.